The fourth-order valence-corrected chi connectivity index (χ4v) is 4.59. The van der Waals surface area contributed by atoms with Gasteiger partial charge < -0.3 is 13.9 Å². The van der Waals surface area contributed by atoms with Crippen LogP contribution in [0.4, 0.5) is 0 Å². The first-order valence-corrected chi connectivity index (χ1v) is 10.7. The van der Waals surface area contributed by atoms with Gasteiger partial charge in [0, 0.05) is 16.7 Å². The van der Waals surface area contributed by atoms with E-state index in [4.69, 9.17) is 9.15 Å². The zero-order valence-corrected chi connectivity index (χ0v) is 17.4. The van der Waals surface area contributed by atoms with Crippen molar-refractivity contribution in [1.82, 2.24) is 0 Å². The van der Waals surface area contributed by atoms with E-state index in [0.29, 0.717) is 11.3 Å². The SMILES string of the molecule is COC(=O)COc1cccc2c(CSC(c3ccccc3)c3ccccc3)coc12. The Morgan fingerprint density at radius 1 is 0.933 bits per heavy atom. The van der Waals surface area contributed by atoms with Gasteiger partial charge in [0.25, 0.3) is 0 Å². The lowest BCUT2D eigenvalue weighted by Gasteiger charge is -2.17. The van der Waals surface area contributed by atoms with Gasteiger partial charge in [-0.25, -0.2) is 4.79 Å². The van der Waals surface area contributed by atoms with Crippen molar-refractivity contribution in [3.63, 3.8) is 0 Å². The summed E-state index contributed by atoms with van der Waals surface area (Å²) in [6.45, 7) is -0.148. The molecule has 152 valence electrons. The van der Waals surface area contributed by atoms with E-state index < -0.39 is 5.97 Å². The van der Waals surface area contributed by atoms with Gasteiger partial charge in [-0.2, -0.15) is 0 Å². The fourth-order valence-electron chi connectivity index (χ4n) is 3.32. The first-order valence-electron chi connectivity index (χ1n) is 9.66. The van der Waals surface area contributed by atoms with Crippen molar-refractivity contribution in [3.8, 4) is 5.75 Å². The number of carbonyl (C=O) groups is 1. The molecule has 0 atom stereocenters. The summed E-state index contributed by atoms with van der Waals surface area (Å²) in [5.41, 5.74) is 4.27. The number of hydrogen-bond donors (Lipinski definition) is 0. The zero-order chi connectivity index (χ0) is 20.8. The first-order chi connectivity index (χ1) is 14.8. The fraction of sp³-hybridized carbons (Fsp3) is 0.160. The van der Waals surface area contributed by atoms with Crippen LogP contribution >= 0.6 is 11.8 Å². The van der Waals surface area contributed by atoms with Gasteiger partial charge in [0.2, 0.25) is 0 Å². The molecule has 0 saturated heterocycles. The number of benzene rings is 3. The highest BCUT2D eigenvalue weighted by Gasteiger charge is 2.17. The van der Waals surface area contributed by atoms with Gasteiger partial charge in [0.05, 0.1) is 18.6 Å². The molecule has 0 unspecified atom stereocenters. The van der Waals surface area contributed by atoms with Crippen LogP contribution in [0.2, 0.25) is 0 Å². The number of para-hydroxylation sites is 1. The number of carbonyl (C=O) groups excluding carboxylic acids is 1. The van der Waals surface area contributed by atoms with E-state index in [0.717, 1.165) is 16.7 Å². The molecule has 0 radical (unpaired) electrons. The minimum Gasteiger partial charge on any atom is -0.478 e. The van der Waals surface area contributed by atoms with Crippen LogP contribution < -0.4 is 4.74 Å². The molecule has 5 heteroatoms. The predicted octanol–water partition coefficient (Wildman–Crippen LogP) is 6.01. The predicted molar refractivity (Wildman–Crippen MR) is 120 cm³/mol. The maximum Gasteiger partial charge on any atom is 0.343 e. The van der Waals surface area contributed by atoms with Crippen LogP contribution in [0, 0.1) is 0 Å². The highest BCUT2D eigenvalue weighted by molar-refractivity contribution is 7.99. The van der Waals surface area contributed by atoms with Gasteiger partial charge in [0.15, 0.2) is 17.9 Å². The lowest BCUT2D eigenvalue weighted by Crippen LogP contribution is -2.12. The highest BCUT2D eigenvalue weighted by atomic mass is 32.2. The molecule has 30 heavy (non-hydrogen) atoms. The van der Waals surface area contributed by atoms with Gasteiger partial charge in [0.1, 0.15) is 0 Å². The molecule has 0 fully saturated rings. The van der Waals surface area contributed by atoms with Crippen molar-refractivity contribution in [2.75, 3.05) is 13.7 Å². The largest absolute Gasteiger partial charge is 0.478 e. The van der Waals surface area contributed by atoms with Gasteiger partial charge in [-0.05, 0) is 17.2 Å². The molecule has 3 aromatic carbocycles. The maximum absolute atomic E-state index is 11.4. The van der Waals surface area contributed by atoms with Crippen LogP contribution in [0.15, 0.2) is 89.5 Å². The molecule has 0 aliphatic heterocycles. The summed E-state index contributed by atoms with van der Waals surface area (Å²) >= 11 is 1.85. The maximum atomic E-state index is 11.4. The van der Waals surface area contributed by atoms with E-state index in [2.05, 4.69) is 53.3 Å². The smallest absolute Gasteiger partial charge is 0.343 e. The topological polar surface area (TPSA) is 48.7 Å². The molecule has 4 rings (SSSR count). The third kappa shape index (κ3) is 4.52. The van der Waals surface area contributed by atoms with Crippen molar-refractivity contribution >= 4 is 28.7 Å². The molecule has 0 spiro atoms. The molecule has 1 heterocycles. The normalized spacial score (nSPS) is 11.0. The summed E-state index contributed by atoms with van der Waals surface area (Å²) < 4.78 is 16.0. The molecule has 0 saturated carbocycles. The number of fused-ring (bicyclic) bond motifs is 1. The second-order valence-electron chi connectivity index (χ2n) is 6.77. The van der Waals surface area contributed by atoms with Crippen molar-refractivity contribution in [2.24, 2.45) is 0 Å². The van der Waals surface area contributed by atoms with Crippen LogP contribution in [0.1, 0.15) is 21.9 Å². The van der Waals surface area contributed by atoms with E-state index in [-0.39, 0.29) is 11.9 Å². The lowest BCUT2D eigenvalue weighted by molar-refractivity contribution is -0.142. The monoisotopic (exact) mass is 418 g/mol. The Hall–Kier alpha value is -3.18. The third-order valence-electron chi connectivity index (χ3n) is 4.83. The van der Waals surface area contributed by atoms with Gasteiger partial charge in [-0.3, -0.25) is 0 Å². The number of esters is 1. The average molecular weight is 419 g/mol. The summed E-state index contributed by atoms with van der Waals surface area (Å²) in [7, 11) is 1.34. The summed E-state index contributed by atoms with van der Waals surface area (Å²) in [4.78, 5) is 11.4. The van der Waals surface area contributed by atoms with Crippen LogP contribution in [-0.4, -0.2) is 19.7 Å². The second-order valence-corrected chi connectivity index (χ2v) is 7.86. The van der Waals surface area contributed by atoms with Crippen molar-refractivity contribution < 1.29 is 18.7 Å². The van der Waals surface area contributed by atoms with Crippen LogP contribution in [-0.2, 0) is 15.3 Å². The highest BCUT2D eigenvalue weighted by Crippen LogP contribution is 2.39. The van der Waals surface area contributed by atoms with E-state index >= 15 is 0 Å². The van der Waals surface area contributed by atoms with E-state index in [1.165, 1.54) is 18.2 Å². The van der Waals surface area contributed by atoms with Crippen LogP contribution in [0.5, 0.6) is 5.75 Å². The van der Waals surface area contributed by atoms with Gasteiger partial charge >= 0.3 is 5.97 Å². The molecule has 4 nitrogen and oxygen atoms in total. The number of rotatable bonds is 8. The quantitative estimate of drug-likeness (QED) is 0.328. The molecule has 0 aliphatic carbocycles. The number of hydrogen-bond acceptors (Lipinski definition) is 5. The Balaban J connectivity index is 1.56. The zero-order valence-electron chi connectivity index (χ0n) is 16.6. The Kier molecular flexibility index (Phi) is 6.40. The molecular formula is C25H22O4S. The van der Waals surface area contributed by atoms with E-state index in [1.807, 2.05) is 36.0 Å². The molecule has 0 bridgehead atoms. The third-order valence-corrected chi connectivity index (χ3v) is 6.18. The summed E-state index contributed by atoms with van der Waals surface area (Å²) in [6, 6.07) is 26.7. The van der Waals surface area contributed by atoms with Crippen molar-refractivity contribution in [2.45, 2.75) is 11.0 Å². The van der Waals surface area contributed by atoms with Gasteiger partial charge in [-0.1, -0.05) is 72.8 Å². The number of ether oxygens (including phenoxy) is 2. The standard InChI is InChI=1S/C25H22O4S/c1-27-23(26)16-28-22-14-8-13-21-20(15-29-24(21)22)17-30-25(18-9-4-2-5-10-18)19-11-6-3-7-12-19/h2-15,25H,16-17H2,1H3. The second kappa shape index (κ2) is 9.55. The van der Waals surface area contributed by atoms with E-state index in [1.54, 1.807) is 12.3 Å². The first kappa shape index (κ1) is 20.1. The minimum absolute atomic E-state index is 0.148. The summed E-state index contributed by atoms with van der Waals surface area (Å²) in [5, 5.41) is 1.21. The van der Waals surface area contributed by atoms with E-state index in [9.17, 15) is 4.79 Å². The van der Waals surface area contributed by atoms with Crippen molar-refractivity contribution in [1.29, 1.82) is 0 Å². The van der Waals surface area contributed by atoms with Crippen LogP contribution in [0.25, 0.3) is 11.0 Å². The molecule has 0 aliphatic rings. The minimum atomic E-state index is -0.428. The Morgan fingerprint density at radius 2 is 1.60 bits per heavy atom. The molecule has 0 amide bonds. The Bertz CT molecular complexity index is 1070. The number of methoxy groups -OCH3 is 1. The summed E-state index contributed by atoms with van der Waals surface area (Å²) in [5.74, 6) is 0.891. The molecule has 4 aromatic rings. The number of thioether (sulfide) groups is 1. The van der Waals surface area contributed by atoms with Crippen LogP contribution in [0.3, 0.4) is 0 Å². The number of furan rings is 1. The molecule has 1 aromatic heterocycles. The molecular weight excluding hydrogens is 396 g/mol. The molecule has 0 N–H and O–H groups in total. The van der Waals surface area contributed by atoms with Crippen molar-refractivity contribution in [3.05, 3.63) is 102 Å². The summed E-state index contributed by atoms with van der Waals surface area (Å²) in [6.07, 6.45) is 1.77. The lowest BCUT2D eigenvalue weighted by atomic mass is 10.0. The Morgan fingerprint density at radius 3 is 2.23 bits per heavy atom. The average Bonchev–Trinajstić information content (AvgIpc) is 3.23. The Labute approximate surface area is 179 Å². The van der Waals surface area contributed by atoms with Gasteiger partial charge in [-0.15, -0.1) is 11.8 Å².